The number of nitrogens with one attached hydrogen (secondary N) is 1. The lowest BCUT2D eigenvalue weighted by molar-refractivity contribution is 0.542. The van der Waals surface area contributed by atoms with Crippen LogP contribution >= 0.6 is 23.5 Å². The van der Waals surface area contributed by atoms with Gasteiger partial charge in [0.25, 0.3) is 0 Å². The Balaban J connectivity index is 2.56. The first-order valence-electron chi connectivity index (χ1n) is 5.78. The molecule has 1 nitrogen and oxygen atoms in total. The average Bonchev–Trinajstić information content (AvgIpc) is 2.20. The molecule has 88 valence electrons. The lowest BCUT2D eigenvalue weighted by Gasteiger charge is -2.35. The first-order valence-corrected chi connectivity index (χ1v) is 7.88. The Kier molecular flexibility index (Phi) is 6.17. The summed E-state index contributed by atoms with van der Waals surface area (Å²) in [6.07, 6.45) is 1.20. The fraction of sp³-hybridized carbons (Fsp3) is 0.833. The molecule has 1 fully saturated rings. The Morgan fingerprint density at radius 1 is 1.47 bits per heavy atom. The normalized spacial score (nSPS) is 28.7. The third-order valence-corrected chi connectivity index (χ3v) is 5.91. The Hall–Kier alpha value is 0.400. The van der Waals surface area contributed by atoms with Crippen molar-refractivity contribution in [1.29, 1.82) is 0 Å². The maximum absolute atomic E-state index is 4.13. The highest BCUT2D eigenvalue weighted by Gasteiger charge is 2.30. The van der Waals surface area contributed by atoms with Crippen molar-refractivity contribution in [2.75, 3.05) is 18.1 Å². The van der Waals surface area contributed by atoms with E-state index < -0.39 is 0 Å². The molecule has 0 aromatic carbocycles. The van der Waals surface area contributed by atoms with Crippen LogP contribution in [-0.4, -0.2) is 34.6 Å². The highest BCUT2D eigenvalue weighted by atomic mass is 32.2. The molecule has 0 saturated carbocycles. The number of rotatable bonds is 5. The molecule has 3 unspecified atom stereocenters. The molecule has 0 spiro atoms. The van der Waals surface area contributed by atoms with Crippen molar-refractivity contribution in [3.8, 4) is 0 Å². The highest BCUT2D eigenvalue weighted by molar-refractivity contribution is 8.07. The second-order valence-electron chi connectivity index (χ2n) is 4.19. The van der Waals surface area contributed by atoms with Crippen molar-refractivity contribution in [3.05, 3.63) is 12.2 Å². The molecule has 0 aliphatic carbocycles. The summed E-state index contributed by atoms with van der Waals surface area (Å²) in [6.45, 7) is 12.0. The molecule has 1 N–H and O–H groups in total. The van der Waals surface area contributed by atoms with Gasteiger partial charge in [0.05, 0.1) is 0 Å². The van der Waals surface area contributed by atoms with Gasteiger partial charge in [-0.1, -0.05) is 26.0 Å². The molecule has 1 heterocycles. The van der Waals surface area contributed by atoms with Crippen LogP contribution in [0, 0.1) is 0 Å². The van der Waals surface area contributed by atoms with Gasteiger partial charge in [-0.25, -0.2) is 0 Å². The summed E-state index contributed by atoms with van der Waals surface area (Å²) in [7, 11) is 0. The smallest absolute Gasteiger partial charge is 0.0405 e. The second kappa shape index (κ2) is 6.87. The van der Waals surface area contributed by atoms with Gasteiger partial charge in [0.1, 0.15) is 0 Å². The molecule has 0 amide bonds. The van der Waals surface area contributed by atoms with E-state index >= 15 is 0 Å². The molecule has 15 heavy (non-hydrogen) atoms. The van der Waals surface area contributed by atoms with E-state index in [1.807, 2.05) is 0 Å². The summed E-state index contributed by atoms with van der Waals surface area (Å²) in [5, 5.41) is 5.08. The van der Waals surface area contributed by atoms with E-state index in [-0.39, 0.29) is 0 Å². The molecule has 0 bridgehead atoms. The predicted molar refractivity (Wildman–Crippen MR) is 75.1 cm³/mol. The number of hydrogen-bond acceptors (Lipinski definition) is 3. The zero-order valence-electron chi connectivity index (χ0n) is 10.1. The minimum Gasteiger partial charge on any atom is -0.309 e. The summed E-state index contributed by atoms with van der Waals surface area (Å²) in [5.41, 5.74) is 1.29. The van der Waals surface area contributed by atoms with Crippen LogP contribution in [0.1, 0.15) is 27.2 Å². The van der Waals surface area contributed by atoms with E-state index in [4.69, 9.17) is 0 Å². The predicted octanol–water partition coefficient (Wildman–Crippen LogP) is 3.17. The van der Waals surface area contributed by atoms with Crippen molar-refractivity contribution in [1.82, 2.24) is 5.32 Å². The van der Waals surface area contributed by atoms with Gasteiger partial charge < -0.3 is 5.32 Å². The van der Waals surface area contributed by atoms with E-state index in [0.717, 1.165) is 11.8 Å². The summed E-state index contributed by atoms with van der Waals surface area (Å²) >= 11 is 4.22. The van der Waals surface area contributed by atoms with Gasteiger partial charge in [-0.15, -0.1) is 0 Å². The monoisotopic (exact) mass is 245 g/mol. The standard InChI is InChI=1S/C12H23NS2/c1-5-6-13-11(9(2)3)12-10(4)14-7-8-15-12/h10-13H,2,5-8H2,1,3-4H3. The van der Waals surface area contributed by atoms with Crippen LogP contribution in [0.15, 0.2) is 12.2 Å². The molecular weight excluding hydrogens is 222 g/mol. The van der Waals surface area contributed by atoms with Crippen LogP contribution in [0.3, 0.4) is 0 Å². The highest BCUT2D eigenvalue weighted by Crippen LogP contribution is 2.34. The van der Waals surface area contributed by atoms with Crippen molar-refractivity contribution >= 4 is 23.5 Å². The molecule has 1 rings (SSSR count). The van der Waals surface area contributed by atoms with E-state index in [9.17, 15) is 0 Å². The fourth-order valence-electron chi connectivity index (χ4n) is 1.89. The SMILES string of the molecule is C=C(C)C(NCCC)C1SCCSC1C. The fourth-order valence-corrected chi connectivity index (χ4v) is 4.91. The lowest BCUT2D eigenvalue weighted by Crippen LogP contribution is -2.45. The van der Waals surface area contributed by atoms with E-state index in [1.54, 1.807) is 0 Å². The maximum atomic E-state index is 4.13. The van der Waals surface area contributed by atoms with Crippen LogP contribution in [-0.2, 0) is 0 Å². The van der Waals surface area contributed by atoms with Gasteiger partial charge in [-0.2, -0.15) is 23.5 Å². The van der Waals surface area contributed by atoms with Gasteiger partial charge in [-0.05, 0) is 19.9 Å². The van der Waals surface area contributed by atoms with Gasteiger partial charge in [0.15, 0.2) is 0 Å². The Labute approximate surface area is 103 Å². The van der Waals surface area contributed by atoms with Crippen LogP contribution in [0.5, 0.6) is 0 Å². The van der Waals surface area contributed by atoms with Crippen molar-refractivity contribution in [3.63, 3.8) is 0 Å². The minimum absolute atomic E-state index is 0.498. The van der Waals surface area contributed by atoms with Gasteiger partial charge >= 0.3 is 0 Å². The second-order valence-corrected chi connectivity index (χ2v) is 6.96. The lowest BCUT2D eigenvalue weighted by atomic mass is 10.0. The van der Waals surface area contributed by atoms with Gasteiger partial charge in [0, 0.05) is 28.0 Å². The molecule has 0 aromatic heterocycles. The topological polar surface area (TPSA) is 12.0 Å². The number of thioether (sulfide) groups is 2. The molecule has 3 atom stereocenters. The third kappa shape index (κ3) is 4.04. The van der Waals surface area contributed by atoms with Gasteiger partial charge in [0.2, 0.25) is 0 Å². The molecular formula is C12H23NS2. The minimum atomic E-state index is 0.498. The molecule has 3 heteroatoms. The molecule has 0 radical (unpaired) electrons. The van der Waals surface area contributed by atoms with Crippen LogP contribution in [0.4, 0.5) is 0 Å². The van der Waals surface area contributed by atoms with E-state index in [1.165, 1.54) is 23.5 Å². The first-order chi connectivity index (χ1) is 7.16. The van der Waals surface area contributed by atoms with Crippen molar-refractivity contribution < 1.29 is 0 Å². The van der Waals surface area contributed by atoms with Crippen LogP contribution in [0.25, 0.3) is 0 Å². The van der Waals surface area contributed by atoms with Crippen molar-refractivity contribution in [2.45, 2.75) is 43.7 Å². The summed E-state index contributed by atoms with van der Waals surface area (Å²) in [5.74, 6) is 2.59. The summed E-state index contributed by atoms with van der Waals surface area (Å²) in [4.78, 5) is 0. The summed E-state index contributed by atoms with van der Waals surface area (Å²) in [6, 6.07) is 0.498. The average molecular weight is 245 g/mol. The molecule has 0 aromatic rings. The molecule has 1 saturated heterocycles. The third-order valence-electron chi connectivity index (χ3n) is 2.71. The van der Waals surface area contributed by atoms with Gasteiger partial charge in [-0.3, -0.25) is 0 Å². The zero-order valence-corrected chi connectivity index (χ0v) is 11.7. The quantitative estimate of drug-likeness (QED) is 0.747. The maximum Gasteiger partial charge on any atom is 0.0405 e. The molecule has 1 aliphatic rings. The Morgan fingerprint density at radius 2 is 2.13 bits per heavy atom. The zero-order chi connectivity index (χ0) is 11.3. The number of hydrogen-bond donors (Lipinski definition) is 1. The Bertz CT molecular complexity index is 206. The van der Waals surface area contributed by atoms with E-state index in [0.29, 0.717) is 11.3 Å². The Morgan fingerprint density at radius 3 is 2.67 bits per heavy atom. The van der Waals surface area contributed by atoms with Crippen LogP contribution < -0.4 is 5.32 Å². The van der Waals surface area contributed by atoms with Crippen molar-refractivity contribution in [2.24, 2.45) is 0 Å². The first kappa shape index (κ1) is 13.5. The van der Waals surface area contributed by atoms with Crippen LogP contribution in [0.2, 0.25) is 0 Å². The largest absolute Gasteiger partial charge is 0.309 e. The molecule has 1 aliphatic heterocycles. The van der Waals surface area contributed by atoms with E-state index in [2.05, 4.69) is 56.2 Å². The summed E-state index contributed by atoms with van der Waals surface area (Å²) < 4.78 is 0.